The van der Waals surface area contributed by atoms with Crippen LogP contribution in [0.3, 0.4) is 0 Å². The van der Waals surface area contributed by atoms with Gasteiger partial charge in [-0.05, 0) is 49.4 Å². The first-order chi connectivity index (χ1) is 13.8. The van der Waals surface area contributed by atoms with Gasteiger partial charge in [0.15, 0.2) is 0 Å². The zero-order valence-corrected chi connectivity index (χ0v) is 16.4. The van der Waals surface area contributed by atoms with Crippen molar-refractivity contribution in [3.05, 3.63) is 54.1 Å². The average molecular weight is 373 g/mol. The molecule has 1 aliphatic carbocycles. The minimum atomic E-state index is -0.165. The number of fused-ring (bicyclic) bond motifs is 5. The Kier molecular flexibility index (Phi) is 4.46. The van der Waals surface area contributed by atoms with E-state index in [0.717, 1.165) is 17.6 Å². The van der Waals surface area contributed by atoms with Crippen LogP contribution in [0.2, 0.25) is 0 Å². The molecule has 28 heavy (non-hydrogen) atoms. The van der Waals surface area contributed by atoms with Crippen molar-refractivity contribution < 1.29 is 9.53 Å². The lowest BCUT2D eigenvalue weighted by atomic mass is 9.81. The van der Waals surface area contributed by atoms with Gasteiger partial charge in [-0.3, -0.25) is 0 Å². The zero-order chi connectivity index (χ0) is 19.1. The number of carbonyl (C=O) groups is 1. The van der Waals surface area contributed by atoms with Crippen LogP contribution in [0.25, 0.3) is 22.2 Å². The molecular weight excluding hydrogens is 346 g/mol. The molecule has 5 rings (SSSR count). The third-order valence-electron chi connectivity index (χ3n) is 6.65. The van der Waals surface area contributed by atoms with Gasteiger partial charge in [-0.25, -0.2) is 0 Å². The van der Waals surface area contributed by atoms with E-state index < -0.39 is 0 Å². The smallest absolute Gasteiger partial charge is 0.129 e. The van der Waals surface area contributed by atoms with Crippen LogP contribution in [-0.2, 0) is 11.3 Å². The fourth-order valence-corrected chi connectivity index (χ4v) is 5.18. The molecule has 0 saturated heterocycles. The Balaban J connectivity index is 1.83. The highest BCUT2D eigenvalue weighted by Gasteiger charge is 2.31. The number of hydrogen-bond donors (Lipinski definition) is 0. The van der Waals surface area contributed by atoms with Crippen molar-refractivity contribution in [2.24, 2.45) is 5.92 Å². The van der Waals surface area contributed by atoms with E-state index in [9.17, 15) is 4.79 Å². The summed E-state index contributed by atoms with van der Waals surface area (Å²) in [5, 5.41) is 1.35. The Morgan fingerprint density at radius 2 is 1.75 bits per heavy atom. The van der Waals surface area contributed by atoms with Crippen molar-refractivity contribution in [2.45, 2.75) is 57.6 Å². The minimum absolute atomic E-state index is 0.147. The van der Waals surface area contributed by atoms with E-state index in [4.69, 9.17) is 4.74 Å². The molecule has 1 saturated carbocycles. The van der Waals surface area contributed by atoms with E-state index in [2.05, 4.69) is 41.0 Å². The van der Waals surface area contributed by atoms with Crippen LogP contribution < -0.4 is 4.74 Å². The van der Waals surface area contributed by atoms with E-state index in [0.29, 0.717) is 12.5 Å². The van der Waals surface area contributed by atoms with Crippen LogP contribution in [0.5, 0.6) is 5.75 Å². The maximum atomic E-state index is 11.9. The molecule has 2 heterocycles. The number of rotatable bonds is 2. The Hall–Kier alpha value is -2.55. The predicted octanol–water partition coefficient (Wildman–Crippen LogP) is 5.95. The quantitative estimate of drug-likeness (QED) is 0.520. The maximum absolute atomic E-state index is 11.9. The Morgan fingerprint density at radius 1 is 1.00 bits per heavy atom. The fourth-order valence-electron chi connectivity index (χ4n) is 5.18. The normalized spacial score (nSPS) is 22.6. The van der Waals surface area contributed by atoms with Crippen LogP contribution in [0.15, 0.2) is 48.5 Å². The van der Waals surface area contributed by atoms with E-state index in [-0.39, 0.29) is 12.0 Å². The third-order valence-corrected chi connectivity index (χ3v) is 6.65. The molecule has 0 radical (unpaired) electrons. The lowest BCUT2D eigenvalue weighted by molar-refractivity contribution is -0.113. The van der Waals surface area contributed by atoms with Crippen molar-refractivity contribution >= 4 is 17.2 Å². The van der Waals surface area contributed by atoms with Crippen LogP contribution in [0.1, 0.15) is 50.5 Å². The number of carbonyl (C=O) groups excluding carboxylic acids is 1. The number of aromatic nitrogens is 1. The van der Waals surface area contributed by atoms with Gasteiger partial charge in [0, 0.05) is 23.0 Å². The monoisotopic (exact) mass is 373 g/mol. The molecule has 3 nitrogen and oxygen atoms in total. The highest BCUT2D eigenvalue weighted by molar-refractivity contribution is 5.94. The zero-order valence-electron chi connectivity index (χ0n) is 16.4. The first-order valence-electron chi connectivity index (χ1n) is 10.6. The standard InChI is InChI=1S/C25H27NO2/c1-17-19(16-27)15-26-22-13-7-5-11-20(22)24(18-9-3-2-4-10-18)25(26)21-12-6-8-14-23(21)28-17/h5-8,11-14,16-19H,2-4,9-10,15H2,1H3. The molecule has 0 amide bonds. The van der Waals surface area contributed by atoms with Crippen molar-refractivity contribution in [2.75, 3.05) is 0 Å². The minimum Gasteiger partial charge on any atom is -0.489 e. The van der Waals surface area contributed by atoms with Crippen molar-refractivity contribution in [3.8, 4) is 17.0 Å². The van der Waals surface area contributed by atoms with E-state index in [1.807, 2.05) is 19.1 Å². The fraction of sp³-hybridized carbons (Fsp3) is 0.400. The molecule has 1 aliphatic heterocycles. The predicted molar refractivity (Wildman–Crippen MR) is 113 cm³/mol. The van der Waals surface area contributed by atoms with Crippen LogP contribution in [0, 0.1) is 5.92 Å². The summed E-state index contributed by atoms with van der Waals surface area (Å²) < 4.78 is 8.69. The summed E-state index contributed by atoms with van der Waals surface area (Å²) in [5.74, 6) is 1.30. The molecule has 2 aromatic carbocycles. The topological polar surface area (TPSA) is 31.2 Å². The van der Waals surface area contributed by atoms with Gasteiger partial charge in [-0.2, -0.15) is 0 Å². The second kappa shape index (κ2) is 7.12. The van der Waals surface area contributed by atoms with Crippen molar-refractivity contribution in [3.63, 3.8) is 0 Å². The molecule has 1 aromatic heterocycles. The van der Waals surface area contributed by atoms with Crippen molar-refractivity contribution in [1.82, 2.24) is 4.57 Å². The summed E-state index contributed by atoms with van der Waals surface area (Å²) in [6, 6.07) is 17.1. The Labute approximate surface area is 166 Å². The number of aldehydes is 1. The molecule has 2 atom stereocenters. The second-order valence-electron chi connectivity index (χ2n) is 8.34. The molecule has 0 N–H and O–H groups in total. The van der Waals surface area contributed by atoms with Gasteiger partial charge < -0.3 is 14.1 Å². The average Bonchev–Trinajstić information content (AvgIpc) is 3.05. The summed E-state index contributed by atoms with van der Waals surface area (Å²) >= 11 is 0. The SMILES string of the molecule is CC1Oc2ccccc2-c2c(C3CCCCC3)c3ccccc3n2CC1C=O. The lowest BCUT2D eigenvalue weighted by Gasteiger charge is -2.29. The molecular formula is C25H27NO2. The number of para-hydroxylation sites is 2. The van der Waals surface area contributed by atoms with Gasteiger partial charge in [0.1, 0.15) is 18.1 Å². The van der Waals surface area contributed by atoms with E-state index >= 15 is 0 Å². The Morgan fingerprint density at radius 3 is 2.57 bits per heavy atom. The van der Waals surface area contributed by atoms with E-state index in [1.54, 1.807) is 0 Å². The van der Waals surface area contributed by atoms with E-state index in [1.165, 1.54) is 54.3 Å². The van der Waals surface area contributed by atoms with Gasteiger partial charge in [0.2, 0.25) is 0 Å². The van der Waals surface area contributed by atoms with Crippen molar-refractivity contribution in [1.29, 1.82) is 0 Å². The second-order valence-corrected chi connectivity index (χ2v) is 8.34. The molecule has 3 heteroatoms. The molecule has 2 aliphatic rings. The summed E-state index contributed by atoms with van der Waals surface area (Å²) in [6.07, 6.45) is 7.36. The molecule has 1 fully saturated rings. The molecule has 144 valence electrons. The lowest BCUT2D eigenvalue weighted by Crippen LogP contribution is -2.31. The molecule has 0 spiro atoms. The largest absolute Gasteiger partial charge is 0.489 e. The van der Waals surface area contributed by atoms with Gasteiger partial charge >= 0.3 is 0 Å². The molecule has 0 bridgehead atoms. The molecule has 3 aromatic rings. The van der Waals surface area contributed by atoms with Gasteiger partial charge in [-0.15, -0.1) is 0 Å². The number of ether oxygens (including phenoxy) is 1. The first-order valence-corrected chi connectivity index (χ1v) is 10.6. The molecule has 2 unspecified atom stereocenters. The van der Waals surface area contributed by atoms with Gasteiger partial charge in [0.05, 0.1) is 11.6 Å². The first kappa shape index (κ1) is 17.5. The summed E-state index contributed by atoms with van der Waals surface area (Å²) in [4.78, 5) is 11.9. The summed E-state index contributed by atoms with van der Waals surface area (Å²) in [6.45, 7) is 2.68. The maximum Gasteiger partial charge on any atom is 0.129 e. The summed E-state index contributed by atoms with van der Waals surface area (Å²) in [7, 11) is 0. The number of nitrogens with zero attached hydrogens (tertiary/aromatic N) is 1. The Bertz CT molecular complexity index is 1010. The highest BCUT2D eigenvalue weighted by atomic mass is 16.5. The number of hydrogen-bond acceptors (Lipinski definition) is 2. The van der Waals surface area contributed by atoms with Crippen LogP contribution in [0.4, 0.5) is 0 Å². The van der Waals surface area contributed by atoms with Gasteiger partial charge in [-0.1, -0.05) is 49.6 Å². The highest BCUT2D eigenvalue weighted by Crippen LogP contribution is 2.47. The third kappa shape index (κ3) is 2.76. The number of benzene rings is 2. The van der Waals surface area contributed by atoms with Gasteiger partial charge in [0.25, 0.3) is 0 Å². The summed E-state index contributed by atoms with van der Waals surface area (Å²) in [5.41, 5.74) is 5.14. The van der Waals surface area contributed by atoms with Crippen LogP contribution >= 0.6 is 0 Å². The van der Waals surface area contributed by atoms with Crippen LogP contribution in [-0.4, -0.2) is 17.0 Å².